The van der Waals surface area contributed by atoms with Crippen LogP contribution >= 0.6 is 0 Å². The maximum atomic E-state index is 12.7. The minimum atomic E-state index is -0.0436. The van der Waals surface area contributed by atoms with Gasteiger partial charge in [0.15, 0.2) is 0 Å². The molecule has 7 heteroatoms. The summed E-state index contributed by atoms with van der Waals surface area (Å²) in [6, 6.07) is 8.23. The number of nitrogens with zero attached hydrogens (tertiary/aromatic N) is 4. The Balaban J connectivity index is 1.81. The van der Waals surface area contributed by atoms with Crippen LogP contribution in [0.25, 0.3) is 5.78 Å². The smallest absolute Gasteiger partial charge is 0.254 e. The lowest BCUT2D eigenvalue weighted by atomic mass is 10.0. The van der Waals surface area contributed by atoms with E-state index in [2.05, 4.69) is 58.5 Å². The second-order valence-electron chi connectivity index (χ2n) is 6.56. The number of hydrogen-bond donors (Lipinski definition) is 2. The lowest BCUT2D eigenvalue weighted by Crippen LogP contribution is -2.30. The fraction of sp³-hybridized carbons (Fsp3) is 0.368. The molecule has 1 aromatic carbocycles. The molecule has 0 saturated carbocycles. The summed E-state index contributed by atoms with van der Waals surface area (Å²) in [4.78, 5) is 21.1. The highest BCUT2D eigenvalue weighted by Gasteiger charge is 2.18. The molecular formula is C19H24N6O. The van der Waals surface area contributed by atoms with Crippen molar-refractivity contribution in [2.75, 3.05) is 5.73 Å². The van der Waals surface area contributed by atoms with Crippen molar-refractivity contribution in [3.63, 3.8) is 0 Å². The van der Waals surface area contributed by atoms with E-state index in [-0.39, 0.29) is 24.3 Å². The van der Waals surface area contributed by atoms with E-state index in [0.29, 0.717) is 5.78 Å². The standard InChI is InChI=1S/C19H24N6O/c1-5-16(14-8-6-11(2)7-9-14)22-17(26)10-15-12(3)21-19-23-18(20)24-25(19)13(15)4/h6-9,16H,5,10H2,1-4H3,(H2,20,24)(H,22,26). The van der Waals surface area contributed by atoms with Crippen LogP contribution in [-0.4, -0.2) is 25.5 Å². The lowest BCUT2D eigenvalue weighted by molar-refractivity contribution is -0.121. The molecule has 1 amide bonds. The Kier molecular flexibility index (Phi) is 4.88. The number of aryl methyl sites for hydroxylation is 3. The molecule has 1 atom stereocenters. The highest BCUT2D eigenvalue weighted by Crippen LogP contribution is 2.19. The minimum Gasteiger partial charge on any atom is -0.366 e. The van der Waals surface area contributed by atoms with Gasteiger partial charge in [-0.1, -0.05) is 36.8 Å². The summed E-state index contributed by atoms with van der Waals surface area (Å²) in [5.74, 6) is 0.581. The Morgan fingerprint density at radius 3 is 2.54 bits per heavy atom. The molecule has 2 heterocycles. The third kappa shape index (κ3) is 3.51. The fourth-order valence-electron chi connectivity index (χ4n) is 3.11. The third-order valence-corrected chi connectivity index (χ3v) is 4.63. The molecule has 0 bridgehead atoms. The second-order valence-corrected chi connectivity index (χ2v) is 6.56. The number of amides is 1. The van der Waals surface area contributed by atoms with Gasteiger partial charge in [0.05, 0.1) is 12.5 Å². The molecule has 0 spiro atoms. The Bertz CT molecular complexity index is 945. The van der Waals surface area contributed by atoms with Gasteiger partial charge in [-0.15, -0.1) is 5.10 Å². The van der Waals surface area contributed by atoms with Gasteiger partial charge in [-0.25, -0.2) is 4.98 Å². The lowest BCUT2D eigenvalue weighted by Gasteiger charge is -2.18. The summed E-state index contributed by atoms with van der Waals surface area (Å²) in [7, 11) is 0. The Labute approximate surface area is 152 Å². The summed E-state index contributed by atoms with van der Waals surface area (Å²) in [5, 5.41) is 7.27. The molecule has 7 nitrogen and oxygen atoms in total. The molecule has 3 rings (SSSR count). The van der Waals surface area contributed by atoms with Crippen LogP contribution in [0.1, 0.15) is 47.5 Å². The molecule has 0 radical (unpaired) electrons. The molecular weight excluding hydrogens is 328 g/mol. The molecule has 3 aromatic rings. The third-order valence-electron chi connectivity index (χ3n) is 4.63. The van der Waals surface area contributed by atoms with Crippen molar-refractivity contribution in [3.05, 3.63) is 52.3 Å². The summed E-state index contributed by atoms with van der Waals surface area (Å²) >= 11 is 0. The van der Waals surface area contributed by atoms with E-state index in [9.17, 15) is 4.79 Å². The molecule has 3 N–H and O–H groups in total. The first kappa shape index (κ1) is 17.8. The van der Waals surface area contributed by atoms with Crippen molar-refractivity contribution in [2.45, 2.75) is 46.6 Å². The topological polar surface area (TPSA) is 98.2 Å². The molecule has 0 saturated heterocycles. The number of benzene rings is 1. The van der Waals surface area contributed by atoms with Crippen LogP contribution in [0.15, 0.2) is 24.3 Å². The van der Waals surface area contributed by atoms with Gasteiger partial charge < -0.3 is 11.1 Å². The highest BCUT2D eigenvalue weighted by molar-refractivity contribution is 5.79. The van der Waals surface area contributed by atoms with E-state index in [1.165, 1.54) is 5.56 Å². The normalized spacial score (nSPS) is 12.3. The van der Waals surface area contributed by atoms with Gasteiger partial charge in [0, 0.05) is 17.0 Å². The SMILES string of the molecule is CCC(NC(=O)Cc1c(C)nc2nc(N)nn2c1C)c1ccc(C)cc1. The number of fused-ring (bicyclic) bond motifs is 1. The van der Waals surface area contributed by atoms with E-state index in [0.717, 1.165) is 28.9 Å². The predicted octanol–water partition coefficient (Wildman–Crippen LogP) is 2.44. The number of nitrogens with one attached hydrogen (secondary N) is 1. The Morgan fingerprint density at radius 2 is 1.88 bits per heavy atom. The van der Waals surface area contributed by atoms with Crippen LogP contribution in [0, 0.1) is 20.8 Å². The van der Waals surface area contributed by atoms with Gasteiger partial charge in [-0.2, -0.15) is 9.50 Å². The van der Waals surface area contributed by atoms with Gasteiger partial charge in [-0.05, 0) is 32.8 Å². The molecule has 0 fully saturated rings. The largest absolute Gasteiger partial charge is 0.366 e. The van der Waals surface area contributed by atoms with Crippen LogP contribution in [0.4, 0.5) is 5.95 Å². The number of aromatic nitrogens is 4. The maximum absolute atomic E-state index is 12.7. The summed E-state index contributed by atoms with van der Waals surface area (Å²) in [6.07, 6.45) is 1.06. The number of anilines is 1. The molecule has 0 aliphatic rings. The first-order valence-electron chi connectivity index (χ1n) is 8.73. The zero-order valence-electron chi connectivity index (χ0n) is 15.6. The minimum absolute atomic E-state index is 0.0117. The summed E-state index contributed by atoms with van der Waals surface area (Å²) < 4.78 is 1.59. The van der Waals surface area contributed by atoms with Crippen LogP contribution in [0.2, 0.25) is 0 Å². The maximum Gasteiger partial charge on any atom is 0.254 e. The van der Waals surface area contributed by atoms with Crippen molar-refractivity contribution < 1.29 is 4.79 Å². The summed E-state index contributed by atoms with van der Waals surface area (Å²) in [6.45, 7) is 7.88. The monoisotopic (exact) mass is 352 g/mol. The van der Waals surface area contributed by atoms with E-state index in [1.54, 1.807) is 4.52 Å². The van der Waals surface area contributed by atoms with Gasteiger partial charge in [0.1, 0.15) is 0 Å². The molecule has 26 heavy (non-hydrogen) atoms. The first-order chi connectivity index (χ1) is 12.4. The van der Waals surface area contributed by atoms with Crippen molar-refractivity contribution in [1.82, 2.24) is 24.9 Å². The number of nitrogens with two attached hydrogens (primary N) is 1. The zero-order chi connectivity index (χ0) is 18.8. The average Bonchev–Trinajstić information content (AvgIpc) is 2.98. The summed E-state index contributed by atoms with van der Waals surface area (Å²) in [5.41, 5.74) is 10.4. The van der Waals surface area contributed by atoms with E-state index >= 15 is 0 Å². The number of rotatable bonds is 5. The van der Waals surface area contributed by atoms with Crippen LogP contribution in [0.5, 0.6) is 0 Å². The fourth-order valence-corrected chi connectivity index (χ4v) is 3.11. The second kappa shape index (κ2) is 7.11. The van der Waals surface area contributed by atoms with E-state index in [4.69, 9.17) is 5.73 Å². The molecule has 136 valence electrons. The van der Waals surface area contributed by atoms with E-state index < -0.39 is 0 Å². The molecule has 0 aliphatic heterocycles. The van der Waals surface area contributed by atoms with Crippen LogP contribution < -0.4 is 11.1 Å². The van der Waals surface area contributed by atoms with Gasteiger partial charge in [0.2, 0.25) is 11.9 Å². The van der Waals surface area contributed by atoms with Crippen molar-refractivity contribution in [3.8, 4) is 0 Å². The number of nitrogen functional groups attached to an aromatic ring is 1. The number of carbonyl (C=O) groups excluding carboxylic acids is 1. The van der Waals surface area contributed by atoms with Crippen LogP contribution in [0.3, 0.4) is 0 Å². The van der Waals surface area contributed by atoms with Crippen LogP contribution in [-0.2, 0) is 11.2 Å². The van der Waals surface area contributed by atoms with Gasteiger partial charge in [-0.3, -0.25) is 4.79 Å². The number of carbonyl (C=O) groups is 1. The van der Waals surface area contributed by atoms with E-state index in [1.807, 2.05) is 13.8 Å². The van der Waals surface area contributed by atoms with Crippen molar-refractivity contribution in [2.24, 2.45) is 0 Å². The predicted molar refractivity (Wildman–Crippen MR) is 101 cm³/mol. The highest BCUT2D eigenvalue weighted by atomic mass is 16.1. The van der Waals surface area contributed by atoms with Crippen molar-refractivity contribution >= 4 is 17.6 Å². The molecule has 1 unspecified atom stereocenters. The van der Waals surface area contributed by atoms with Gasteiger partial charge >= 0.3 is 0 Å². The van der Waals surface area contributed by atoms with Crippen molar-refractivity contribution in [1.29, 1.82) is 0 Å². The quantitative estimate of drug-likeness (QED) is 0.735. The number of hydrogen-bond acceptors (Lipinski definition) is 5. The molecule has 0 aliphatic carbocycles. The Morgan fingerprint density at radius 1 is 1.19 bits per heavy atom. The zero-order valence-corrected chi connectivity index (χ0v) is 15.6. The molecule has 2 aromatic heterocycles. The Hall–Kier alpha value is -2.96. The first-order valence-corrected chi connectivity index (χ1v) is 8.73. The van der Waals surface area contributed by atoms with Gasteiger partial charge in [0.25, 0.3) is 5.78 Å². The average molecular weight is 352 g/mol.